The van der Waals surface area contributed by atoms with Gasteiger partial charge in [0.15, 0.2) is 5.96 Å². The molecule has 1 aliphatic carbocycles. The molecule has 1 saturated carbocycles. The third-order valence-electron chi connectivity index (χ3n) is 5.16. The van der Waals surface area contributed by atoms with Crippen LogP contribution in [0.3, 0.4) is 0 Å². The Kier molecular flexibility index (Phi) is 9.18. The second-order valence-corrected chi connectivity index (χ2v) is 7.60. The molecule has 2 N–H and O–H groups in total. The van der Waals surface area contributed by atoms with Crippen molar-refractivity contribution >= 4 is 11.9 Å². The zero-order valence-electron chi connectivity index (χ0n) is 16.6. The predicted molar refractivity (Wildman–Crippen MR) is 103 cm³/mol. The van der Waals surface area contributed by atoms with Crippen molar-refractivity contribution in [3.63, 3.8) is 0 Å². The molecule has 150 valence electrons. The summed E-state index contributed by atoms with van der Waals surface area (Å²) in [6.45, 7) is 5.47. The highest BCUT2D eigenvalue weighted by Gasteiger charge is 2.22. The first-order valence-corrected chi connectivity index (χ1v) is 10.0. The first kappa shape index (κ1) is 21.0. The van der Waals surface area contributed by atoms with Gasteiger partial charge in [0.2, 0.25) is 5.91 Å². The number of guanidine groups is 1. The highest BCUT2D eigenvalue weighted by molar-refractivity contribution is 5.84. The molecule has 7 heteroatoms. The predicted octanol–water partition coefficient (Wildman–Crippen LogP) is 1.38. The maximum Gasteiger partial charge on any atom is 0.243 e. The second kappa shape index (κ2) is 11.4. The van der Waals surface area contributed by atoms with Gasteiger partial charge in [0.25, 0.3) is 0 Å². The number of amides is 1. The molecule has 2 aliphatic rings. The molecule has 0 spiro atoms. The Bertz CT molecular complexity index is 450. The number of ether oxygens (including phenoxy) is 2. The van der Waals surface area contributed by atoms with Gasteiger partial charge < -0.3 is 25.0 Å². The van der Waals surface area contributed by atoms with Crippen LogP contribution in [-0.2, 0) is 14.3 Å². The number of hydrogen-bond donors (Lipinski definition) is 2. The second-order valence-electron chi connectivity index (χ2n) is 7.60. The molecular formula is C19H36N4O3. The number of rotatable bonds is 8. The van der Waals surface area contributed by atoms with E-state index in [1.54, 1.807) is 19.0 Å². The smallest absolute Gasteiger partial charge is 0.243 e. The highest BCUT2D eigenvalue weighted by atomic mass is 16.5. The molecule has 0 aromatic carbocycles. The molecule has 2 fully saturated rings. The quantitative estimate of drug-likeness (QED) is 0.385. The summed E-state index contributed by atoms with van der Waals surface area (Å²) in [5, 5.41) is 6.90. The van der Waals surface area contributed by atoms with E-state index in [9.17, 15) is 4.79 Å². The van der Waals surface area contributed by atoms with Gasteiger partial charge in [0.05, 0.1) is 12.7 Å². The lowest BCUT2D eigenvalue weighted by Crippen LogP contribution is -2.48. The lowest BCUT2D eigenvalue weighted by Gasteiger charge is -2.31. The van der Waals surface area contributed by atoms with E-state index >= 15 is 0 Å². The van der Waals surface area contributed by atoms with Crippen molar-refractivity contribution in [3.8, 4) is 0 Å². The zero-order chi connectivity index (χ0) is 18.8. The summed E-state index contributed by atoms with van der Waals surface area (Å²) in [4.78, 5) is 17.9. The van der Waals surface area contributed by atoms with E-state index in [2.05, 4.69) is 22.5 Å². The fraction of sp³-hybridized carbons (Fsp3) is 0.895. The van der Waals surface area contributed by atoms with Crippen LogP contribution in [0, 0.1) is 5.92 Å². The first-order valence-electron chi connectivity index (χ1n) is 10.0. The topological polar surface area (TPSA) is 75.2 Å². The van der Waals surface area contributed by atoms with Crippen LogP contribution in [0.4, 0.5) is 0 Å². The lowest BCUT2D eigenvalue weighted by atomic mass is 9.86. The molecule has 1 heterocycles. The molecular weight excluding hydrogens is 332 g/mol. The molecule has 0 radical (unpaired) electrons. The van der Waals surface area contributed by atoms with Crippen LogP contribution in [0.1, 0.15) is 45.4 Å². The highest BCUT2D eigenvalue weighted by Crippen LogP contribution is 2.23. The fourth-order valence-corrected chi connectivity index (χ4v) is 3.32. The number of aliphatic imine (C=N–C) groups is 1. The van der Waals surface area contributed by atoms with E-state index in [1.165, 1.54) is 19.3 Å². The average molecular weight is 369 g/mol. The SMILES string of the molecule is CC1CCCCC1NC(=NCC(=O)N(C)C)NCCCOC1CCOC1. The molecule has 3 unspecified atom stereocenters. The normalized spacial score (nSPS) is 26.6. The molecule has 1 saturated heterocycles. The summed E-state index contributed by atoms with van der Waals surface area (Å²) < 4.78 is 11.1. The minimum Gasteiger partial charge on any atom is -0.379 e. The van der Waals surface area contributed by atoms with Gasteiger partial charge in [0.1, 0.15) is 6.54 Å². The van der Waals surface area contributed by atoms with Crippen molar-refractivity contribution in [2.24, 2.45) is 10.9 Å². The Hall–Kier alpha value is -1.34. The molecule has 0 aromatic heterocycles. The van der Waals surface area contributed by atoms with Gasteiger partial charge in [-0.3, -0.25) is 4.79 Å². The Balaban J connectivity index is 1.77. The van der Waals surface area contributed by atoms with Gasteiger partial charge in [-0.2, -0.15) is 0 Å². The average Bonchev–Trinajstić information content (AvgIpc) is 3.14. The van der Waals surface area contributed by atoms with Crippen molar-refractivity contribution in [1.82, 2.24) is 15.5 Å². The molecule has 0 bridgehead atoms. The maximum absolute atomic E-state index is 11.9. The van der Waals surface area contributed by atoms with Crippen LogP contribution >= 0.6 is 0 Å². The van der Waals surface area contributed by atoms with E-state index < -0.39 is 0 Å². The molecule has 0 aromatic rings. The minimum absolute atomic E-state index is 0.00681. The van der Waals surface area contributed by atoms with Crippen LogP contribution < -0.4 is 10.6 Å². The Morgan fingerprint density at radius 1 is 1.27 bits per heavy atom. The zero-order valence-corrected chi connectivity index (χ0v) is 16.6. The Labute approximate surface area is 157 Å². The number of likely N-dealkylation sites (N-methyl/N-ethyl adjacent to an activating group) is 1. The van der Waals surface area contributed by atoms with E-state index in [0.29, 0.717) is 25.2 Å². The Morgan fingerprint density at radius 2 is 2.08 bits per heavy atom. The monoisotopic (exact) mass is 368 g/mol. The first-order chi connectivity index (χ1) is 12.6. The van der Waals surface area contributed by atoms with Crippen molar-refractivity contribution in [2.75, 3.05) is 47.0 Å². The number of carbonyl (C=O) groups is 1. The Morgan fingerprint density at radius 3 is 2.77 bits per heavy atom. The van der Waals surface area contributed by atoms with E-state index in [1.807, 2.05) is 0 Å². The molecule has 26 heavy (non-hydrogen) atoms. The third kappa shape index (κ3) is 7.50. The number of hydrogen-bond acceptors (Lipinski definition) is 4. The summed E-state index contributed by atoms with van der Waals surface area (Å²) in [5.41, 5.74) is 0. The van der Waals surface area contributed by atoms with Crippen molar-refractivity contribution in [3.05, 3.63) is 0 Å². The minimum atomic E-state index is 0.00681. The van der Waals surface area contributed by atoms with Gasteiger partial charge >= 0.3 is 0 Å². The summed E-state index contributed by atoms with van der Waals surface area (Å²) in [5.74, 6) is 1.38. The van der Waals surface area contributed by atoms with Gasteiger partial charge in [0, 0.05) is 39.9 Å². The van der Waals surface area contributed by atoms with Gasteiger partial charge in [-0.15, -0.1) is 0 Å². The number of nitrogens with zero attached hydrogens (tertiary/aromatic N) is 2. The molecule has 2 rings (SSSR count). The van der Waals surface area contributed by atoms with Gasteiger partial charge in [-0.1, -0.05) is 19.8 Å². The number of carbonyl (C=O) groups excluding carboxylic acids is 1. The van der Waals surface area contributed by atoms with Crippen molar-refractivity contribution in [2.45, 2.75) is 57.6 Å². The van der Waals surface area contributed by atoms with Crippen LogP contribution in [0.2, 0.25) is 0 Å². The van der Waals surface area contributed by atoms with Crippen LogP contribution in [0.25, 0.3) is 0 Å². The van der Waals surface area contributed by atoms with Crippen LogP contribution in [0.15, 0.2) is 4.99 Å². The standard InChI is InChI=1S/C19H36N4O3/c1-15-7-4-5-8-17(15)22-19(21-13-18(24)23(2)3)20-10-6-11-26-16-9-12-25-14-16/h15-17H,4-14H2,1-3H3,(H2,20,21,22). The van der Waals surface area contributed by atoms with Gasteiger partial charge in [-0.05, 0) is 31.6 Å². The number of nitrogens with one attached hydrogen (secondary N) is 2. The third-order valence-corrected chi connectivity index (χ3v) is 5.16. The van der Waals surface area contributed by atoms with Crippen LogP contribution in [-0.4, -0.2) is 75.9 Å². The summed E-state index contributed by atoms with van der Waals surface area (Å²) >= 11 is 0. The van der Waals surface area contributed by atoms with E-state index in [-0.39, 0.29) is 18.6 Å². The van der Waals surface area contributed by atoms with Crippen LogP contribution in [0.5, 0.6) is 0 Å². The maximum atomic E-state index is 11.9. The fourth-order valence-electron chi connectivity index (χ4n) is 3.32. The summed E-state index contributed by atoms with van der Waals surface area (Å²) in [7, 11) is 3.51. The summed E-state index contributed by atoms with van der Waals surface area (Å²) in [6.07, 6.45) is 7.12. The molecule has 3 atom stereocenters. The lowest BCUT2D eigenvalue weighted by molar-refractivity contribution is -0.127. The van der Waals surface area contributed by atoms with Gasteiger partial charge in [-0.25, -0.2) is 4.99 Å². The summed E-state index contributed by atoms with van der Waals surface area (Å²) in [6, 6.07) is 0.427. The van der Waals surface area contributed by atoms with Crippen molar-refractivity contribution in [1.29, 1.82) is 0 Å². The van der Waals surface area contributed by atoms with Crippen molar-refractivity contribution < 1.29 is 14.3 Å². The molecule has 7 nitrogen and oxygen atoms in total. The molecule has 1 aliphatic heterocycles. The van der Waals surface area contributed by atoms with E-state index in [4.69, 9.17) is 9.47 Å². The molecule has 1 amide bonds. The largest absolute Gasteiger partial charge is 0.379 e. The van der Waals surface area contributed by atoms with E-state index in [0.717, 1.165) is 38.4 Å².